The van der Waals surface area contributed by atoms with Crippen LogP contribution in [0, 0.1) is 6.92 Å². The number of hydrogen-bond acceptors (Lipinski definition) is 5. The van der Waals surface area contributed by atoms with E-state index in [1.165, 1.54) is 0 Å². The van der Waals surface area contributed by atoms with Crippen molar-refractivity contribution in [2.45, 2.75) is 26.7 Å². The van der Waals surface area contributed by atoms with Gasteiger partial charge in [-0.2, -0.15) is 0 Å². The lowest BCUT2D eigenvalue weighted by Crippen LogP contribution is -2.08. The highest BCUT2D eigenvalue weighted by Gasteiger charge is 2.26. The van der Waals surface area contributed by atoms with Crippen molar-refractivity contribution in [1.82, 2.24) is 19.4 Å². The molecule has 2 N–H and O–H groups in total. The molecule has 1 atom stereocenters. The van der Waals surface area contributed by atoms with Crippen LogP contribution >= 0.6 is 39.1 Å². The Balaban J connectivity index is 1.97. The number of imidazole rings is 1. The fraction of sp³-hybridized carbons (Fsp3) is 0.227. The first-order chi connectivity index (χ1) is 14.8. The second-order valence-electron chi connectivity index (χ2n) is 7.09. The molecule has 0 bridgehead atoms. The van der Waals surface area contributed by atoms with Crippen molar-refractivity contribution in [2.24, 2.45) is 0 Å². The number of rotatable bonds is 5. The second kappa shape index (κ2) is 8.65. The van der Waals surface area contributed by atoms with Crippen molar-refractivity contribution in [3.05, 3.63) is 68.5 Å². The Labute approximate surface area is 198 Å². The number of ether oxygens (including phenoxy) is 1. The van der Waals surface area contributed by atoms with Crippen molar-refractivity contribution < 1.29 is 4.74 Å². The number of hydrogen-bond donors (Lipinski definition) is 1. The van der Waals surface area contributed by atoms with Crippen LogP contribution in [0.5, 0.6) is 5.75 Å². The molecule has 3 heterocycles. The van der Waals surface area contributed by atoms with Crippen LogP contribution in [0.4, 0.5) is 5.82 Å². The van der Waals surface area contributed by atoms with Gasteiger partial charge in [0.05, 0.1) is 6.61 Å². The van der Waals surface area contributed by atoms with E-state index < -0.39 is 0 Å². The minimum atomic E-state index is -0.153. The maximum atomic E-state index is 6.68. The third-order valence-corrected chi connectivity index (χ3v) is 6.40. The van der Waals surface area contributed by atoms with E-state index in [0.717, 1.165) is 39.3 Å². The standard InChI is InChI=1S/C22H20BrCl2N5O/c1-4-31-19-14(9-15(24)12(3)17(19)13-5-6-16(25)28-10-13)11(2)22-29-20(23)18-21(26)27-7-8-30(18)22/h5-11H,4H2,1-3H3,(H2,26,27). The van der Waals surface area contributed by atoms with Gasteiger partial charge >= 0.3 is 0 Å². The number of nitrogens with zero attached hydrogens (tertiary/aromatic N) is 4. The molecule has 160 valence electrons. The van der Waals surface area contributed by atoms with E-state index in [-0.39, 0.29) is 5.92 Å². The van der Waals surface area contributed by atoms with E-state index in [2.05, 4.69) is 32.8 Å². The van der Waals surface area contributed by atoms with Crippen molar-refractivity contribution in [3.63, 3.8) is 0 Å². The lowest BCUT2D eigenvalue weighted by atomic mass is 9.91. The molecule has 0 saturated heterocycles. The zero-order chi connectivity index (χ0) is 22.3. The van der Waals surface area contributed by atoms with Gasteiger partial charge in [-0.1, -0.05) is 30.1 Å². The Hall–Kier alpha value is -2.35. The van der Waals surface area contributed by atoms with Crippen LogP contribution < -0.4 is 10.5 Å². The first-order valence-electron chi connectivity index (χ1n) is 9.69. The average Bonchev–Trinajstić information content (AvgIpc) is 3.09. The molecule has 1 aromatic carbocycles. The average molecular weight is 521 g/mol. The van der Waals surface area contributed by atoms with E-state index >= 15 is 0 Å². The number of benzene rings is 1. The molecule has 4 rings (SSSR count). The van der Waals surface area contributed by atoms with E-state index in [1.54, 1.807) is 18.5 Å². The van der Waals surface area contributed by atoms with Crippen LogP contribution in [-0.2, 0) is 0 Å². The van der Waals surface area contributed by atoms with Crippen molar-refractivity contribution in [1.29, 1.82) is 0 Å². The Morgan fingerprint density at radius 3 is 2.71 bits per heavy atom. The van der Waals surface area contributed by atoms with Gasteiger partial charge in [0.2, 0.25) is 0 Å². The number of halogens is 3. The molecule has 0 aliphatic rings. The molecule has 0 aliphatic carbocycles. The van der Waals surface area contributed by atoms with Crippen LogP contribution in [0.2, 0.25) is 10.2 Å². The molecule has 0 spiro atoms. The van der Waals surface area contributed by atoms with Crippen molar-refractivity contribution in [2.75, 3.05) is 12.3 Å². The van der Waals surface area contributed by atoms with Gasteiger partial charge in [0.25, 0.3) is 0 Å². The molecular weight excluding hydrogens is 501 g/mol. The fourth-order valence-electron chi connectivity index (χ4n) is 3.72. The van der Waals surface area contributed by atoms with Gasteiger partial charge in [0, 0.05) is 46.2 Å². The minimum absolute atomic E-state index is 0.153. The predicted molar refractivity (Wildman–Crippen MR) is 128 cm³/mol. The summed E-state index contributed by atoms with van der Waals surface area (Å²) in [5.74, 6) is 1.78. The van der Waals surface area contributed by atoms with Crippen LogP contribution in [-0.4, -0.2) is 26.0 Å². The molecule has 9 heteroatoms. The number of anilines is 1. The molecule has 0 radical (unpaired) electrons. The molecule has 31 heavy (non-hydrogen) atoms. The molecule has 0 aliphatic heterocycles. The highest BCUT2D eigenvalue weighted by atomic mass is 79.9. The van der Waals surface area contributed by atoms with Crippen molar-refractivity contribution in [3.8, 4) is 16.9 Å². The fourth-order valence-corrected chi connectivity index (χ4v) is 4.62. The van der Waals surface area contributed by atoms with E-state index in [4.69, 9.17) is 38.7 Å². The van der Waals surface area contributed by atoms with E-state index in [9.17, 15) is 0 Å². The van der Waals surface area contributed by atoms with Gasteiger partial charge in [-0.05, 0) is 53.5 Å². The van der Waals surface area contributed by atoms with Gasteiger partial charge in [0.1, 0.15) is 26.8 Å². The van der Waals surface area contributed by atoms with E-state index in [1.807, 2.05) is 36.6 Å². The molecule has 6 nitrogen and oxygen atoms in total. The second-order valence-corrected chi connectivity index (χ2v) is 8.64. The predicted octanol–water partition coefficient (Wildman–Crippen LogP) is 6.30. The molecule has 0 amide bonds. The third-order valence-electron chi connectivity index (χ3n) is 5.23. The normalized spacial score (nSPS) is 12.3. The molecule has 4 aromatic rings. The summed E-state index contributed by atoms with van der Waals surface area (Å²) < 4.78 is 8.74. The number of fused-ring (bicyclic) bond motifs is 1. The molecule has 3 aromatic heterocycles. The summed E-state index contributed by atoms with van der Waals surface area (Å²) in [5, 5.41) is 1.06. The number of nitrogen functional groups attached to an aromatic ring is 1. The molecular formula is C22H20BrCl2N5O. The Morgan fingerprint density at radius 1 is 1.26 bits per heavy atom. The van der Waals surface area contributed by atoms with Crippen LogP contribution in [0.3, 0.4) is 0 Å². The van der Waals surface area contributed by atoms with Gasteiger partial charge in [-0.3, -0.25) is 4.40 Å². The number of nitrogens with two attached hydrogens (primary N) is 1. The summed E-state index contributed by atoms with van der Waals surface area (Å²) in [6.45, 7) is 6.48. The molecule has 1 unspecified atom stereocenters. The minimum Gasteiger partial charge on any atom is -0.493 e. The van der Waals surface area contributed by atoms with Crippen LogP contribution in [0.25, 0.3) is 16.6 Å². The summed E-state index contributed by atoms with van der Waals surface area (Å²) in [6, 6.07) is 5.61. The smallest absolute Gasteiger partial charge is 0.150 e. The Morgan fingerprint density at radius 2 is 2.03 bits per heavy atom. The Bertz CT molecular complexity index is 1270. The summed E-state index contributed by atoms with van der Waals surface area (Å²) in [5.41, 5.74) is 10.4. The summed E-state index contributed by atoms with van der Waals surface area (Å²) >= 11 is 16.2. The molecule has 0 saturated carbocycles. The Kier molecular flexibility index (Phi) is 6.10. The number of pyridine rings is 1. The third kappa shape index (κ3) is 3.86. The first kappa shape index (κ1) is 21.9. The summed E-state index contributed by atoms with van der Waals surface area (Å²) in [4.78, 5) is 13.1. The monoisotopic (exact) mass is 519 g/mol. The van der Waals surface area contributed by atoms with Crippen molar-refractivity contribution >= 4 is 50.5 Å². The van der Waals surface area contributed by atoms with Crippen LogP contribution in [0.1, 0.15) is 36.7 Å². The quantitative estimate of drug-likeness (QED) is 0.312. The first-order valence-corrected chi connectivity index (χ1v) is 11.2. The SMILES string of the molecule is CCOc1c(C(C)c2nc(Br)c3c(N)nccn23)cc(Cl)c(C)c1-c1ccc(Cl)nc1. The summed E-state index contributed by atoms with van der Waals surface area (Å²) in [6.07, 6.45) is 5.23. The maximum Gasteiger partial charge on any atom is 0.150 e. The lowest BCUT2D eigenvalue weighted by molar-refractivity contribution is 0.336. The zero-order valence-corrected chi connectivity index (χ0v) is 20.3. The zero-order valence-electron chi connectivity index (χ0n) is 17.2. The highest BCUT2D eigenvalue weighted by molar-refractivity contribution is 9.10. The topological polar surface area (TPSA) is 78.3 Å². The summed E-state index contributed by atoms with van der Waals surface area (Å²) in [7, 11) is 0. The lowest BCUT2D eigenvalue weighted by Gasteiger charge is -2.22. The number of aromatic nitrogens is 4. The largest absolute Gasteiger partial charge is 0.493 e. The van der Waals surface area contributed by atoms with Gasteiger partial charge in [-0.25, -0.2) is 15.0 Å². The van der Waals surface area contributed by atoms with Crippen LogP contribution in [0.15, 0.2) is 41.4 Å². The van der Waals surface area contributed by atoms with Gasteiger partial charge in [0.15, 0.2) is 5.82 Å². The highest BCUT2D eigenvalue weighted by Crippen LogP contribution is 2.44. The molecule has 0 fully saturated rings. The maximum absolute atomic E-state index is 6.68. The van der Waals surface area contributed by atoms with E-state index in [0.29, 0.717) is 27.2 Å². The van der Waals surface area contributed by atoms with Gasteiger partial charge in [-0.15, -0.1) is 0 Å². The van der Waals surface area contributed by atoms with Gasteiger partial charge < -0.3 is 10.5 Å².